The monoisotopic (exact) mass is 312 g/mol. The van der Waals surface area contributed by atoms with Gasteiger partial charge in [0, 0.05) is 16.9 Å². The van der Waals surface area contributed by atoms with Gasteiger partial charge in [0.05, 0.1) is 0 Å². The van der Waals surface area contributed by atoms with Crippen LogP contribution in [0.1, 0.15) is 97.2 Å². The van der Waals surface area contributed by atoms with Crippen LogP contribution in [0.3, 0.4) is 0 Å². The number of aromatic nitrogens is 2. The molecule has 1 unspecified atom stereocenters. The van der Waals surface area contributed by atoms with Gasteiger partial charge in [-0.15, -0.1) is 0 Å². The first-order chi connectivity index (χ1) is 10.1. The smallest absolute Gasteiger partial charge is 0.299 e. The largest absolute Gasteiger partial charge is 0.323 e. The van der Waals surface area contributed by atoms with Crippen molar-refractivity contribution in [3.63, 3.8) is 0 Å². The molecule has 0 aliphatic rings. The molecule has 3 nitrogen and oxygen atoms in total. The molecule has 1 heterocycles. The molecule has 0 amide bonds. The summed E-state index contributed by atoms with van der Waals surface area (Å²) >= 11 is 1.06. The standard InChI is InChI=1S/C17H32N2OS/c1-4-6-8-10-12-14-17(3,13-11-9-7-5-2)15-18-16(20)21-19-15/h4-14H2,1-3H3,(H,18,19,20). The molecule has 21 heavy (non-hydrogen) atoms. The number of hydrogen-bond donors (Lipinski definition) is 1. The van der Waals surface area contributed by atoms with Crippen LogP contribution in [-0.2, 0) is 5.41 Å². The zero-order valence-electron chi connectivity index (χ0n) is 14.0. The van der Waals surface area contributed by atoms with Crippen molar-refractivity contribution in [2.75, 3.05) is 0 Å². The summed E-state index contributed by atoms with van der Waals surface area (Å²) in [5.74, 6) is 0.921. The van der Waals surface area contributed by atoms with Gasteiger partial charge in [-0.3, -0.25) is 9.78 Å². The molecule has 1 N–H and O–H groups in total. The maximum atomic E-state index is 11.4. The zero-order chi connectivity index (χ0) is 15.6. The summed E-state index contributed by atoms with van der Waals surface area (Å²) in [5.41, 5.74) is 0.0547. The Labute approximate surface area is 133 Å². The number of rotatable bonds is 12. The fourth-order valence-electron chi connectivity index (χ4n) is 2.91. The fraction of sp³-hybridized carbons (Fsp3) is 0.882. The Bertz CT molecular complexity index is 426. The van der Waals surface area contributed by atoms with Gasteiger partial charge in [0.1, 0.15) is 5.82 Å². The first-order valence-corrected chi connectivity index (χ1v) is 9.46. The Morgan fingerprint density at radius 3 is 1.95 bits per heavy atom. The quantitative estimate of drug-likeness (QED) is 0.524. The molecule has 0 aromatic carbocycles. The summed E-state index contributed by atoms with van der Waals surface area (Å²) in [4.78, 5) is 14.4. The second-order valence-corrected chi connectivity index (χ2v) is 7.22. The lowest BCUT2D eigenvalue weighted by atomic mass is 9.79. The van der Waals surface area contributed by atoms with Crippen LogP contribution in [0, 0.1) is 0 Å². The highest BCUT2D eigenvalue weighted by atomic mass is 32.1. The number of hydrogen-bond acceptors (Lipinski definition) is 3. The average Bonchev–Trinajstić information content (AvgIpc) is 2.91. The van der Waals surface area contributed by atoms with Crippen LogP contribution >= 0.6 is 11.5 Å². The second-order valence-electron chi connectivity index (χ2n) is 6.48. The summed E-state index contributed by atoms with van der Waals surface area (Å²) in [5, 5.41) is 0. The molecule has 4 heteroatoms. The Kier molecular flexibility index (Phi) is 8.90. The molecule has 0 bridgehead atoms. The number of nitrogens with one attached hydrogen (secondary N) is 1. The molecule has 0 saturated heterocycles. The minimum absolute atomic E-state index is 0.0178. The molecule has 0 radical (unpaired) electrons. The van der Waals surface area contributed by atoms with E-state index >= 15 is 0 Å². The normalized spacial score (nSPS) is 14.2. The van der Waals surface area contributed by atoms with Crippen molar-refractivity contribution in [2.45, 2.75) is 96.8 Å². The summed E-state index contributed by atoms with van der Waals surface area (Å²) < 4.78 is 4.38. The minimum atomic E-state index is -0.0178. The molecule has 0 saturated carbocycles. The van der Waals surface area contributed by atoms with Gasteiger partial charge in [-0.1, -0.05) is 78.6 Å². The van der Waals surface area contributed by atoms with E-state index in [-0.39, 0.29) is 10.3 Å². The van der Waals surface area contributed by atoms with Crippen LogP contribution in [-0.4, -0.2) is 9.36 Å². The van der Waals surface area contributed by atoms with Crippen molar-refractivity contribution < 1.29 is 0 Å². The van der Waals surface area contributed by atoms with Crippen LogP contribution in [0.4, 0.5) is 0 Å². The average molecular weight is 313 g/mol. The third kappa shape index (κ3) is 6.77. The van der Waals surface area contributed by atoms with E-state index in [2.05, 4.69) is 30.1 Å². The Balaban J connectivity index is 2.54. The van der Waals surface area contributed by atoms with E-state index in [9.17, 15) is 4.79 Å². The summed E-state index contributed by atoms with van der Waals surface area (Å²) in [6.45, 7) is 6.77. The van der Waals surface area contributed by atoms with Gasteiger partial charge >= 0.3 is 4.87 Å². The first-order valence-electron chi connectivity index (χ1n) is 8.69. The highest BCUT2D eigenvalue weighted by molar-refractivity contribution is 7.02. The van der Waals surface area contributed by atoms with Crippen LogP contribution in [0.15, 0.2) is 4.79 Å². The van der Waals surface area contributed by atoms with Crippen LogP contribution in [0.2, 0.25) is 0 Å². The zero-order valence-corrected chi connectivity index (χ0v) is 14.9. The van der Waals surface area contributed by atoms with Crippen LogP contribution < -0.4 is 4.87 Å². The van der Waals surface area contributed by atoms with Gasteiger partial charge in [-0.05, 0) is 12.8 Å². The van der Waals surface area contributed by atoms with E-state index in [1.54, 1.807) is 0 Å². The van der Waals surface area contributed by atoms with E-state index in [4.69, 9.17) is 0 Å². The summed E-state index contributed by atoms with van der Waals surface area (Å²) in [6.07, 6.45) is 13.9. The van der Waals surface area contributed by atoms with Gasteiger partial charge in [0.25, 0.3) is 0 Å². The van der Waals surface area contributed by atoms with Gasteiger partial charge < -0.3 is 0 Å². The molecular formula is C17H32N2OS. The lowest BCUT2D eigenvalue weighted by Gasteiger charge is -2.27. The van der Waals surface area contributed by atoms with Crippen molar-refractivity contribution in [3.8, 4) is 0 Å². The number of H-pyrrole nitrogens is 1. The molecule has 1 aromatic rings. The highest BCUT2D eigenvalue weighted by Crippen LogP contribution is 2.33. The Morgan fingerprint density at radius 1 is 0.952 bits per heavy atom. The molecular weight excluding hydrogens is 280 g/mol. The Hall–Kier alpha value is -0.640. The predicted molar refractivity (Wildman–Crippen MR) is 92.2 cm³/mol. The van der Waals surface area contributed by atoms with E-state index < -0.39 is 0 Å². The molecule has 1 rings (SSSR count). The first kappa shape index (κ1) is 18.4. The van der Waals surface area contributed by atoms with Crippen molar-refractivity contribution in [1.29, 1.82) is 0 Å². The molecule has 0 fully saturated rings. The van der Waals surface area contributed by atoms with Crippen LogP contribution in [0.25, 0.3) is 0 Å². The van der Waals surface area contributed by atoms with E-state index in [0.717, 1.165) is 30.2 Å². The number of nitrogens with zero attached hydrogens (tertiary/aromatic N) is 1. The number of aromatic amines is 1. The van der Waals surface area contributed by atoms with Gasteiger partial charge in [-0.2, -0.15) is 4.37 Å². The third-order valence-electron chi connectivity index (χ3n) is 4.43. The summed E-state index contributed by atoms with van der Waals surface area (Å²) in [6, 6.07) is 0. The minimum Gasteiger partial charge on any atom is -0.299 e. The van der Waals surface area contributed by atoms with Crippen LogP contribution in [0.5, 0.6) is 0 Å². The Morgan fingerprint density at radius 2 is 1.48 bits per heavy atom. The topological polar surface area (TPSA) is 45.8 Å². The van der Waals surface area contributed by atoms with E-state index in [0.29, 0.717) is 0 Å². The highest BCUT2D eigenvalue weighted by Gasteiger charge is 2.29. The lowest BCUT2D eigenvalue weighted by molar-refractivity contribution is 0.348. The SMILES string of the molecule is CCCCCCCC(C)(CCCCCC)c1nsc(=O)[nH]1. The second kappa shape index (κ2) is 10.1. The van der Waals surface area contributed by atoms with Gasteiger partial charge in [0.2, 0.25) is 0 Å². The van der Waals surface area contributed by atoms with Crippen molar-refractivity contribution in [2.24, 2.45) is 0 Å². The molecule has 122 valence electrons. The molecule has 1 aromatic heterocycles. The molecule has 0 spiro atoms. The molecule has 0 aliphatic heterocycles. The lowest BCUT2D eigenvalue weighted by Crippen LogP contribution is -2.24. The molecule has 0 aliphatic carbocycles. The molecule has 1 atom stereocenters. The fourth-order valence-corrected chi connectivity index (χ4v) is 3.50. The van der Waals surface area contributed by atoms with Crippen molar-refractivity contribution in [1.82, 2.24) is 9.36 Å². The van der Waals surface area contributed by atoms with E-state index in [1.807, 2.05) is 0 Å². The maximum Gasteiger partial charge on any atom is 0.323 e. The maximum absolute atomic E-state index is 11.4. The number of unbranched alkanes of at least 4 members (excludes halogenated alkanes) is 7. The van der Waals surface area contributed by atoms with Crippen molar-refractivity contribution in [3.05, 3.63) is 15.5 Å². The van der Waals surface area contributed by atoms with E-state index in [1.165, 1.54) is 57.8 Å². The third-order valence-corrected chi connectivity index (χ3v) is 4.97. The predicted octanol–water partition coefficient (Wildman–Crippen LogP) is 5.42. The summed E-state index contributed by atoms with van der Waals surface area (Å²) in [7, 11) is 0. The van der Waals surface area contributed by atoms with Gasteiger partial charge in [-0.25, -0.2) is 0 Å². The van der Waals surface area contributed by atoms with Crippen molar-refractivity contribution >= 4 is 11.5 Å². The van der Waals surface area contributed by atoms with Gasteiger partial charge in [0.15, 0.2) is 0 Å².